The molecule has 1 rings (SSSR count). The van der Waals surface area contributed by atoms with Gasteiger partial charge in [-0.2, -0.15) is 0 Å². The lowest BCUT2D eigenvalue weighted by molar-refractivity contribution is -0.156. The van der Waals surface area contributed by atoms with Crippen molar-refractivity contribution in [3.05, 3.63) is 29.8 Å². The van der Waals surface area contributed by atoms with E-state index in [2.05, 4.69) is 5.32 Å². The van der Waals surface area contributed by atoms with Gasteiger partial charge in [-0.3, -0.25) is 0 Å². The lowest BCUT2D eigenvalue weighted by Crippen LogP contribution is -2.39. The molecule has 0 atom stereocenters. The van der Waals surface area contributed by atoms with Crippen LogP contribution in [0.2, 0.25) is 0 Å². The molecule has 0 aliphatic rings. The Labute approximate surface area is 137 Å². The Balaban J connectivity index is 2.57. The molecule has 1 amide bonds. The number of carbonyl (C=O) groups is 2. The Morgan fingerprint density at radius 2 is 1.61 bits per heavy atom. The molecule has 6 nitrogen and oxygen atoms in total. The number of amides is 1. The van der Waals surface area contributed by atoms with Crippen molar-refractivity contribution < 1.29 is 23.8 Å². The molecule has 0 spiro atoms. The van der Waals surface area contributed by atoms with Crippen molar-refractivity contribution in [2.24, 2.45) is 0 Å². The molecule has 23 heavy (non-hydrogen) atoms. The molecule has 1 N–H and O–H groups in total. The first kappa shape index (κ1) is 18.8. The zero-order valence-electron chi connectivity index (χ0n) is 14.6. The molecule has 0 bridgehead atoms. The number of nitrogens with one attached hydrogen (secondary N) is 1. The van der Waals surface area contributed by atoms with Crippen molar-refractivity contribution in [1.29, 1.82) is 0 Å². The smallest absolute Gasteiger partial charge is 0.407 e. The number of carbonyl (C=O) groups excluding carboxylic acids is 2. The fraction of sp³-hybridized carbons (Fsp3) is 0.529. The van der Waals surface area contributed by atoms with E-state index in [1.807, 2.05) is 20.8 Å². The minimum atomic E-state index is -1.06. The van der Waals surface area contributed by atoms with Gasteiger partial charge in [-0.1, -0.05) is 12.1 Å². The lowest BCUT2D eigenvalue weighted by atomic mass is 10.1. The Morgan fingerprint density at radius 1 is 1.04 bits per heavy atom. The maximum atomic E-state index is 11.6. The highest BCUT2D eigenvalue weighted by molar-refractivity contribution is 5.78. The number of alkyl carbamates (subject to hydrolysis) is 1. The van der Waals surface area contributed by atoms with Gasteiger partial charge < -0.3 is 19.5 Å². The maximum absolute atomic E-state index is 11.6. The summed E-state index contributed by atoms with van der Waals surface area (Å²) < 4.78 is 15.5. The molecule has 0 radical (unpaired) electrons. The third-order valence-corrected chi connectivity index (χ3v) is 2.81. The molecule has 6 heteroatoms. The second-order valence-corrected chi connectivity index (χ2v) is 6.60. The lowest BCUT2D eigenvalue weighted by Gasteiger charge is -2.23. The molecule has 0 aliphatic heterocycles. The van der Waals surface area contributed by atoms with Gasteiger partial charge >= 0.3 is 12.1 Å². The molecule has 128 valence electrons. The van der Waals surface area contributed by atoms with E-state index in [4.69, 9.17) is 14.2 Å². The Hall–Kier alpha value is -2.24. The Bertz CT molecular complexity index is 543. The van der Waals surface area contributed by atoms with Gasteiger partial charge in [-0.25, -0.2) is 9.59 Å². The first-order chi connectivity index (χ1) is 10.5. The minimum Gasteiger partial charge on any atom is -0.476 e. The summed E-state index contributed by atoms with van der Waals surface area (Å²) in [5.41, 5.74) is -0.703. The largest absolute Gasteiger partial charge is 0.476 e. The predicted octanol–water partition coefficient (Wildman–Crippen LogP) is 3.04. The molecule has 0 saturated heterocycles. The van der Waals surface area contributed by atoms with Crippen LogP contribution in [0.25, 0.3) is 0 Å². The van der Waals surface area contributed by atoms with Crippen LogP contribution < -0.4 is 10.1 Å². The van der Waals surface area contributed by atoms with Crippen molar-refractivity contribution in [3.8, 4) is 5.75 Å². The van der Waals surface area contributed by atoms with Gasteiger partial charge in [0.25, 0.3) is 0 Å². The Morgan fingerprint density at radius 3 is 2.09 bits per heavy atom. The number of esters is 1. The highest BCUT2D eigenvalue weighted by Gasteiger charge is 2.30. The molecule has 0 saturated carbocycles. The zero-order valence-corrected chi connectivity index (χ0v) is 14.6. The van der Waals surface area contributed by atoms with Crippen LogP contribution >= 0.6 is 0 Å². The van der Waals surface area contributed by atoms with Gasteiger partial charge in [0.15, 0.2) is 5.60 Å². The topological polar surface area (TPSA) is 73.9 Å². The van der Waals surface area contributed by atoms with Crippen LogP contribution in [0, 0.1) is 0 Å². The average Bonchev–Trinajstić information content (AvgIpc) is 2.43. The van der Waals surface area contributed by atoms with Crippen LogP contribution in [0.5, 0.6) is 5.75 Å². The zero-order chi connectivity index (χ0) is 17.7. The summed E-state index contributed by atoms with van der Waals surface area (Å²) in [4.78, 5) is 23.2. The number of hydrogen-bond acceptors (Lipinski definition) is 5. The molecule has 0 aliphatic carbocycles. The molecule has 1 aromatic rings. The van der Waals surface area contributed by atoms with Crippen molar-refractivity contribution >= 4 is 12.1 Å². The summed E-state index contributed by atoms with van der Waals surface area (Å²) in [5.74, 6) is 0.0922. The van der Waals surface area contributed by atoms with Crippen LogP contribution in [0.1, 0.15) is 40.2 Å². The predicted molar refractivity (Wildman–Crippen MR) is 86.2 cm³/mol. The van der Waals surface area contributed by atoms with Crippen LogP contribution in [-0.4, -0.2) is 30.4 Å². The molecule has 0 fully saturated rings. The highest BCUT2D eigenvalue weighted by atomic mass is 16.6. The van der Waals surface area contributed by atoms with Crippen LogP contribution in [0.15, 0.2) is 24.3 Å². The van der Waals surface area contributed by atoms with Crippen molar-refractivity contribution in [2.75, 3.05) is 7.11 Å². The summed E-state index contributed by atoms with van der Waals surface area (Å²) in [6, 6.07) is 7.08. The van der Waals surface area contributed by atoms with E-state index in [9.17, 15) is 9.59 Å². The average molecular weight is 323 g/mol. The van der Waals surface area contributed by atoms with Gasteiger partial charge in [-0.05, 0) is 52.3 Å². The quantitative estimate of drug-likeness (QED) is 0.843. The van der Waals surface area contributed by atoms with Gasteiger partial charge in [0.2, 0.25) is 0 Å². The van der Waals surface area contributed by atoms with Crippen LogP contribution in [0.4, 0.5) is 4.79 Å². The third-order valence-electron chi connectivity index (χ3n) is 2.81. The normalized spacial score (nSPS) is 11.6. The third kappa shape index (κ3) is 6.59. The molecular weight excluding hydrogens is 298 g/mol. The molecule has 0 heterocycles. The van der Waals surface area contributed by atoms with E-state index in [1.54, 1.807) is 38.1 Å². The fourth-order valence-corrected chi connectivity index (χ4v) is 1.75. The van der Waals surface area contributed by atoms with E-state index in [0.29, 0.717) is 12.3 Å². The van der Waals surface area contributed by atoms with Crippen LogP contribution in [0.3, 0.4) is 0 Å². The molecular formula is C17H25NO5. The summed E-state index contributed by atoms with van der Waals surface area (Å²) >= 11 is 0. The van der Waals surface area contributed by atoms with E-state index < -0.39 is 23.3 Å². The summed E-state index contributed by atoms with van der Waals surface area (Å²) in [6.07, 6.45) is -0.468. The van der Waals surface area contributed by atoms with Crippen molar-refractivity contribution in [1.82, 2.24) is 5.32 Å². The van der Waals surface area contributed by atoms with E-state index in [-0.39, 0.29) is 0 Å². The maximum Gasteiger partial charge on any atom is 0.407 e. The summed E-state index contributed by atoms with van der Waals surface area (Å²) in [6.45, 7) is 9.04. The van der Waals surface area contributed by atoms with Crippen molar-refractivity contribution in [3.63, 3.8) is 0 Å². The fourth-order valence-electron chi connectivity index (χ4n) is 1.75. The highest BCUT2D eigenvalue weighted by Crippen LogP contribution is 2.20. The van der Waals surface area contributed by atoms with Gasteiger partial charge in [0.1, 0.15) is 11.4 Å². The monoisotopic (exact) mass is 323 g/mol. The second kappa shape index (κ2) is 7.35. The van der Waals surface area contributed by atoms with E-state index in [0.717, 1.165) is 5.56 Å². The number of ether oxygens (including phenoxy) is 3. The number of hydrogen-bond donors (Lipinski definition) is 1. The second-order valence-electron chi connectivity index (χ2n) is 6.60. The van der Waals surface area contributed by atoms with Crippen LogP contribution in [-0.2, 0) is 20.8 Å². The molecule has 0 aromatic heterocycles. The van der Waals surface area contributed by atoms with E-state index >= 15 is 0 Å². The van der Waals surface area contributed by atoms with Crippen molar-refractivity contribution in [2.45, 2.75) is 52.4 Å². The van der Waals surface area contributed by atoms with Gasteiger partial charge in [0.05, 0.1) is 7.11 Å². The standard InChI is InChI=1S/C17H25NO5/c1-16(2,3)23-15(20)18-11-12-7-9-13(10-8-12)22-17(4,5)14(19)21-6/h7-10H,11H2,1-6H3,(H,18,20). The van der Waals surface area contributed by atoms with E-state index in [1.165, 1.54) is 7.11 Å². The number of rotatable bonds is 5. The van der Waals surface area contributed by atoms with Gasteiger partial charge in [0, 0.05) is 6.54 Å². The SMILES string of the molecule is COC(=O)C(C)(C)Oc1ccc(CNC(=O)OC(C)(C)C)cc1. The number of benzene rings is 1. The summed E-state index contributed by atoms with van der Waals surface area (Å²) in [5, 5.41) is 2.67. The number of methoxy groups -OCH3 is 1. The Kier molecular flexibility index (Phi) is 6.01. The summed E-state index contributed by atoms with van der Waals surface area (Å²) in [7, 11) is 1.32. The molecule has 1 aromatic carbocycles. The molecule has 0 unspecified atom stereocenters. The minimum absolute atomic E-state index is 0.343. The van der Waals surface area contributed by atoms with Gasteiger partial charge in [-0.15, -0.1) is 0 Å². The first-order valence-corrected chi connectivity index (χ1v) is 7.37. The first-order valence-electron chi connectivity index (χ1n) is 7.37.